The van der Waals surface area contributed by atoms with E-state index in [0.29, 0.717) is 5.56 Å². The molecule has 0 aliphatic heterocycles. The molecule has 4 aromatic carbocycles. The summed E-state index contributed by atoms with van der Waals surface area (Å²) in [4.78, 5) is 79.1. The van der Waals surface area contributed by atoms with Crippen molar-refractivity contribution in [3.05, 3.63) is 126 Å². The van der Waals surface area contributed by atoms with Crippen molar-refractivity contribution in [2.24, 2.45) is 0 Å². The maximum atomic E-state index is 14.0. The number of carbonyl (C=O) groups excluding carboxylic acids is 6. The summed E-state index contributed by atoms with van der Waals surface area (Å²) in [5, 5.41) is 16.0. The number of nitrogens with one attached hydrogen (secondary N) is 5. The molecule has 4 aromatic rings. The van der Waals surface area contributed by atoms with E-state index >= 15 is 0 Å². The van der Waals surface area contributed by atoms with Gasteiger partial charge in [-0.05, 0) is 82.4 Å². The Bertz CT molecular complexity index is 2160. The number of rotatable bonds is 17. The van der Waals surface area contributed by atoms with E-state index in [1.165, 1.54) is 34.6 Å². The molecule has 0 radical (unpaired) electrons. The molecule has 13 nitrogen and oxygen atoms in total. The molecule has 5 N–H and O–H groups in total. The van der Waals surface area contributed by atoms with Gasteiger partial charge in [0.2, 0.25) is 23.6 Å². The zero-order valence-corrected chi connectivity index (χ0v) is 37.5. The highest BCUT2D eigenvalue weighted by atomic mass is 32.4. The fraction of sp³-hybridized carbons (Fsp3) is 0.348. The zero-order chi connectivity index (χ0) is 45.0. The van der Waals surface area contributed by atoms with Crippen LogP contribution in [0.25, 0.3) is 0 Å². The Hall–Kier alpha value is -5.85. The zero-order valence-electron chi connectivity index (χ0n) is 35.8. The largest absolute Gasteiger partial charge is 0.459 e. The standard InChI is InChI=1S/C46H56N5O8PS/c1-30(49-44(57)59-45(4,5)6)39(52)50-38(28-33-24-26-37(27-25-33)60(61,35-20-14-10-15-21-35)36-22-16-11-17-23-36)41(54)47-31(2)40(53)51-46(7,8)43(56)48-32(3)42(55)58-29-34-18-12-9-13-19-34/h9-27,30-32,38H,28-29H2,1-8H3,(H,47,54)(H,48,56)(H,49,57)(H,50,52)(H,51,53)/t30-,31-,32-,38-/m0/s1. The van der Waals surface area contributed by atoms with Crippen molar-refractivity contribution >= 4 is 69.4 Å². The Balaban J connectivity index is 1.49. The second kappa shape index (κ2) is 21.1. The van der Waals surface area contributed by atoms with Gasteiger partial charge < -0.3 is 36.1 Å². The Kier molecular flexibility index (Phi) is 16.5. The van der Waals surface area contributed by atoms with E-state index in [0.717, 1.165) is 21.5 Å². The third-order valence-corrected chi connectivity index (χ3v) is 14.4. The molecule has 0 saturated heterocycles. The summed E-state index contributed by atoms with van der Waals surface area (Å²) in [6.45, 7) is 12.4. The SMILES string of the molecule is C[C@H](NC(=O)OC(C)(C)C)C(=O)N[C@@H](Cc1ccc(P(=S)(c2ccccc2)c2ccccc2)cc1)C(=O)N[C@@H](C)C(=O)NC(C)(C)C(=O)N[C@@H](C)C(=O)OCc1ccccc1. The summed E-state index contributed by atoms with van der Waals surface area (Å²) in [7, 11) is 0. The van der Waals surface area contributed by atoms with Gasteiger partial charge in [0.15, 0.2) is 0 Å². The van der Waals surface area contributed by atoms with Gasteiger partial charge in [-0.25, -0.2) is 9.59 Å². The molecule has 0 heterocycles. The highest BCUT2D eigenvalue weighted by Gasteiger charge is 2.35. The first kappa shape index (κ1) is 47.8. The van der Waals surface area contributed by atoms with Crippen molar-refractivity contribution in [2.45, 2.75) is 104 Å². The molecule has 0 unspecified atom stereocenters. The molecule has 5 amide bonds. The van der Waals surface area contributed by atoms with Crippen molar-refractivity contribution in [1.82, 2.24) is 26.6 Å². The molecule has 0 saturated carbocycles. The number of hydrogen-bond donors (Lipinski definition) is 5. The number of alkyl carbamates (subject to hydrolysis) is 1. The fourth-order valence-electron chi connectivity index (χ4n) is 6.00. The van der Waals surface area contributed by atoms with Gasteiger partial charge >= 0.3 is 12.1 Å². The topological polar surface area (TPSA) is 181 Å². The molecule has 4 rings (SSSR count). The van der Waals surface area contributed by atoms with Crippen molar-refractivity contribution in [3.63, 3.8) is 0 Å². The molecule has 0 spiro atoms. The van der Waals surface area contributed by atoms with Gasteiger partial charge in [0.25, 0.3) is 0 Å². The molecule has 324 valence electrons. The van der Waals surface area contributed by atoms with E-state index < -0.39 is 77.0 Å². The Labute approximate surface area is 363 Å². The molecule has 4 atom stereocenters. The summed E-state index contributed by atoms with van der Waals surface area (Å²) >= 11 is 6.47. The van der Waals surface area contributed by atoms with E-state index in [2.05, 4.69) is 26.6 Å². The summed E-state index contributed by atoms with van der Waals surface area (Å²) in [5.41, 5.74) is -0.846. The normalized spacial score (nSPS) is 13.6. The van der Waals surface area contributed by atoms with Crippen LogP contribution in [0.15, 0.2) is 115 Å². The second-order valence-corrected chi connectivity index (χ2v) is 20.6. The first-order valence-corrected chi connectivity index (χ1v) is 22.7. The minimum atomic E-state index is -2.46. The van der Waals surface area contributed by atoms with E-state index in [1.807, 2.05) is 103 Å². The van der Waals surface area contributed by atoms with Crippen LogP contribution in [0, 0.1) is 0 Å². The van der Waals surface area contributed by atoms with Gasteiger partial charge in [-0.2, -0.15) is 0 Å². The van der Waals surface area contributed by atoms with Crippen molar-refractivity contribution in [2.75, 3.05) is 0 Å². The van der Waals surface area contributed by atoms with Crippen LogP contribution in [0.3, 0.4) is 0 Å². The van der Waals surface area contributed by atoms with Crippen LogP contribution in [0.1, 0.15) is 66.5 Å². The summed E-state index contributed by atoms with van der Waals surface area (Å²) in [6, 6.07) is 29.6. The van der Waals surface area contributed by atoms with E-state index in [1.54, 1.807) is 32.9 Å². The lowest BCUT2D eigenvalue weighted by Gasteiger charge is -2.29. The predicted molar refractivity (Wildman–Crippen MR) is 241 cm³/mol. The van der Waals surface area contributed by atoms with Crippen molar-refractivity contribution in [1.29, 1.82) is 0 Å². The van der Waals surface area contributed by atoms with Crippen LogP contribution in [0.5, 0.6) is 0 Å². The number of amides is 5. The maximum Gasteiger partial charge on any atom is 0.408 e. The third-order valence-electron chi connectivity index (χ3n) is 9.42. The van der Waals surface area contributed by atoms with Gasteiger partial charge in [0.1, 0.15) is 41.9 Å². The fourth-order valence-corrected chi connectivity index (χ4v) is 9.74. The van der Waals surface area contributed by atoms with Crippen molar-refractivity contribution in [3.8, 4) is 0 Å². The lowest BCUT2D eigenvalue weighted by Crippen LogP contribution is -2.61. The van der Waals surface area contributed by atoms with Gasteiger partial charge in [0.05, 0.1) is 0 Å². The molecule has 0 bridgehead atoms. The molecule has 0 fully saturated rings. The molecular formula is C46H56N5O8PS. The Morgan fingerprint density at radius 3 is 1.59 bits per heavy atom. The molecule has 15 heteroatoms. The van der Waals surface area contributed by atoms with Gasteiger partial charge in [-0.3, -0.25) is 19.2 Å². The van der Waals surface area contributed by atoms with Crippen molar-refractivity contribution < 1.29 is 38.2 Å². The molecule has 61 heavy (non-hydrogen) atoms. The summed E-state index contributed by atoms with van der Waals surface area (Å²) in [6.07, 6.45) is -0.799. The molecule has 0 aliphatic carbocycles. The number of esters is 1. The van der Waals surface area contributed by atoms with Gasteiger partial charge in [0, 0.05) is 12.5 Å². The first-order chi connectivity index (χ1) is 28.7. The van der Waals surface area contributed by atoms with Crippen LogP contribution in [-0.2, 0) is 58.3 Å². The first-order valence-electron chi connectivity index (χ1n) is 19.9. The molecular weight excluding hydrogens is 814 g/mol. The maximum absolute atomic E-state index is 14.0. The second-order valence-electron chi connectivity index (χ2n) is 16.2. The smallest absolute Gasteiger partial charge is 0.408 e. The average molecular weight is 870 g/mol. The van der Waals surface area contributed by atoms with Crippen LogP contribution in [-0.4, -0.2) is 71.0 Å². The number of hydrogen-bond acceptors (Lipinski definition) is 9. The highest BCUT2D eigenvalue weighted by Crippen LogP contribution is 2.42. The Morgan fingerprint density at radius 2 is 1.07 bits per heavy atom. The average Bonchev–Trinajstić information content (AvgIpc) is 3.22. The number of benzene rings is 4. The molecule has 0 aliphatic rings. The van der Waals surface area contributed by atoms with Crippen LogP contribution >= 0.6 is 6.04 Å². The minimum Gasteiger partial charge on any atom is -0.459 e. The van der Waals surface area contributed by atoms with E-state index in [4.69, 9.17) is 21.3 Å². The van der Waals surface area contributed by atoms with Crippen LogP contribution in [0.2, 0.25) is 0 Å². The monoisotopic (exact) mass is 869 g/mol. The van der Waals surface area contributed by atoms with Crippen LogP contribution < -0.4 is 42.5 Å². The van der Waals surface area contributed by atoms with E-state index in [-0.39, 0.29) is 13.0 Å². The third kappa shape index (κ3) is 13.8. The quantitative estimate of drug-likeness (QED) is 0.0774. The lowest BCUT2D eigenvalue weighted by atomic mass is 10.0. The van der Waals surface area contributed by atoms with Gasteiger partial charge in [-0.1, -0.05) is 127 Å². The minimum absolute atomic E-state index is 0.0110. The highest BCUT2D eigenvalue weighted by molar-refractivity contribution is 8.25. The molecule has 0 aromatic heterocycles. The summed E-state index contributed by atoms with van der Waals surface area (Å²) in [5.74, 6) is -3.38. The Morgan fingerprint density at radius 1 is 0.574 bits per heavy atom. The predicted octanol–water partition coefficient (Wildman–Crippen LogP) is 4.03. The number of carbonyl (C=O) groups is 6. The van der Waals surface area contributed by atoms with E-state index in [9.17, 15) is 28.8 Å². The van der Waals surface area contributed by atoms with Crippen LogP contribution in [0.4, 0.5) is 4.79 Å². The van der Waals surface area contributed by atoms with Gasteiger partial charge in [-0.15, -0.1) is 0 Å². The number of ether oxygens (including phenoxy) is 2. The summed E-state index contributed by atoms with van der Waals surface area (Å²) < 4.78 is 10.6. The lowest BCUT2D eigenvalue weighted by molar-refractivity contribution is -0.149.